The van der Waals surface area contributed by atoms with Crippen molar-refractivity contribution in [3.8, 4) is 0 Å². The van der Waals surface area contributed by atoms with Gasteiger partial charge < -0.3 is 16.0 Å². The van der Waals surface area contributed by atoms with Gasteiger partial charge in [0.1, 0.15) is 0 Å². The molecule has 0 aromatic heterocycles. The summed E-state index contributed by atoms with van der Waals surface area (Å²) in [6, 6.07) is 0. The molecule has 2 amide bonds. The van der Waals surface area contributed by atoms with Crippen LogP contribution in [-0.2, 0) is 9.59 Å². The minimum Gasteiger partial charge on any atom is -0.368 e. The van der Waals surface area contributed by atoms with E-state index in [0.29, 0.717) is 19.6 Å². The lowest BCUT2D eigenvalue weighted by atomic mass is 10.0. The fraction of sp³-hybridized carbons (Fsp3) is 0.750. The lowest BCUT2D eigenvalue weighted by molar-refractivity contribution is -0.139. The molecule has 0 aromatic rings. The van der Waals surface area contributed by atoms with Crippen molar-refractivity contribution in [1.82, 2.24) is 10.2 Å². The van der Waals surface area contributed by atoms with Gasteiger partial charge in [-0.2, -0.15) is 0 Å². The summed E-state index contributed by atoms with van der Waals surface area (Å²) in [6.07, 6.45) is 0. The number of hydrogen-bond donors (Lipinski definition) is 2. The highest BCUT2D eigenvalue weighted by atomic mass is 16.2. The van der Waals surface area contributed by atoms with Gasteiger partial charge in [-0.25, -0.2) is 0 Å². The first-order chi connectivity index (χ1) is 6.15. The van der Waals surface area contributed by atoms with Gasteiger partial charge in [-0.05, 0) is 6.92 Å². The van der Waals surface area contributed by atoms with Crippen molar-refractivity contribution in [3.05, 3.63) is 0 Å². The fourth-order valence-corrected chi connectivity index (χ4v) is 1.26. The molecule has 0 spiro atoms. The van der Waals surface area contributed by atoms with Crippen molar-refractivity contribution in [2.75, 3.05) is 26.2 Å². The smallest absolute Gasteiger partial charge is 0.237 e. The average Bonchev–Trinajstić information content (AvgIpc) is 1.96. The molecule has 0 radical (unpaired) electrons. The predicted molar refractivity (Wildman–Crippen MR) is 47.8 cm³/mol. The molecule has 0 unspecified atom stereocenters. The van der Waals surface area contributed by atoms with Crippen LogP contribution >= 0.6 is 0 Å². The zero-order valence-corrected chi connectivity index (χ0v) is 7.75. The molecule has 74 valence electrons. The summed E-state index contributed by atoms with van der Waals surface area (Å²) in [5.41, 5.74) is 5.02. The zero-order chi connectivity index (χ0) is 9.84. The van der Waals surface area contributed by atoms with Crippen LogP contribution in [0.2, 0.25) is 0 Å². The van der Waals surface area contributed by atoms with Gasteiger partial charge in [-0.3, -0.25) is 9.59 Å². The highest BCUT2D eigenvalue weighted by molar-refractivity contribution is 5.85. The number of nitrogens with one attached hydrogen (secondary N) is 1. The molecule has 1 aliphatic heterocycles. The first kappa shape index (κ1) is 9.98. The van der Waals surface area contributed by atoms with Crippen LogP contribution in [0.1, 0.15) is 6.92 Å². The summed E-state index contributed by atoms with van der Waals surface area (Å²) in [6.45, 7) is 3.85. The number of rotatable bonds is 4. The van der Waals surface area contributed by atoms with Gasteiger partial charge in [0, 0.05) is 19.6 Å². The molecule has 1 aliphatic rings. The van der Waals surface area contributed by atoms with Crippen molar-refractivity contribution >= 4 is 11.8 Å². The Morgan fingerprint density at radius 2 is 2.15 bits per heavy atom. The molecule has 1 saturated heterocycles. The van der Waals surface area contributed by atoms with Gasteiger partial charge in [0.15, 0.2) is 0 Å². The third kappa shape index (κ3) is 2.42. The Morgan fingerprint density at radius 1 is 1.54 bits per heavy atom. The molecule has 3 N–H and O–H groups in total. The topological polar surface area (TPSA) is 75.4 Å². The van der Waals surface area contributed by atoms with Crippen molar-refractivity contribution in [2.45, 2.75) is 6.92 Å². The minimum atomic E-state index is -0.456. The summed E-state index contributed by atoms with van der Waals surface area (Å²) in [5, 5.41) is 3.01. The van der Waals surface area contributed by atoms with Crippen LogP contribution in [-0.4, -0.2) is 42.9 Å². The van der Waals surface area contributed by atoms with Gasteiger partial charge in [0.2, 0.25) is 11.8 Å². The third-order valence-corrected chi connectivity index (χ3v) is 2.17. The second-order valence-electron chi connectivity index (χ2n) is 3.17. The van der Waals surface area contributed by atoms with Gasteiger partial charge in [-0.15, -0.1) is 0 Å². The van der Waals surface area contributed by atoms with E-state index in [0.717, 1.165) is 0 Å². The molecule has 0 aromatic carbocycles. The molecule has 1 heterocycles. The Kier molecular flexibility index (Phi) is 3.25. The van der Waals surface area contributed by atoms with Gasteiger partial charge >= 0.3 is 0 Å². The van der Waals surface area contributed by atoms with E-state index in [1.54, 1.807) is 0 Å². The van der Waals surface area contributed by atoms with Crippen LogP contribution in [0.4, 0.5) is 0 Å². The summed E-state index contributed by atoms with van der Waals surface area (Å²) in [4.78, 5) is 23.7. The molecule has 0 atom stereocenters. The van der Waals surface area contributed by atoms with E-state index in [9.17, 15) is 9.59 Å². The summed E-state index contributed by atoms with van der Waals surface area (Å²) in [5.74, 6) is -0.387. The minimum absolute atomic E-state index is 0.0278. The molecule has 13 heavy (non-hydrogen) atoms. The highest BCUT2D eigenvalue weighted by Gasteiger charge is 2.28. The summed E-state index contributed by atoms with van der Waals surface area (Å²) in [7, 11) is 0. The average molecular weight is 185 g/mol. The normalized spacial score (nSPS) is 16.4. The molecule has 5 heteroatoms. The molecule has 0 aliphatic carbocycles. The Hall–Kier alpha value is -1.10. The second kappa shape index (κ2) is 4.23. The van der Waals surface area contributed by atoms with E-state index in [-0.39, 0.29) is 18.4 Å². The van der Waals surface area contributed by atoms with E-state index < -0.39 is 5.91 Å². The number of carbonyl (C=O) groups excluding carboxylic acids is 2. The third-order valence-electron chi connectivity index (χ3n) is 2.17. The Bertz CT molecular complexity index is 213. The molecule has 0 saturated carbocycles. The van der Waals surface area contributed by atoms with Gasteiger partial charge in [0.05, 0.1) is 12.5 Å². The van der Waals surface area contributed by atoms with E-state index in [1.807, 2.05) is 6.92 Å². The quantitative estimate of drug-likeness (QED) is 0.562. The van der Waals surface area contributed by atoms with Crippen LogP contribution in [0.3, 0.4) is 0 Å². The van der Waals surface area contributed by atoms with Gasteiger partial charge in [0.25, 0.3) is 0 Å². The molecular weight excluding hydrogens is 170 g/mol. The van der Waals surface area contributed by atoms with E-state index >= 15 is 0 Å². The number of likely N-dealkylation sites (N-methyl/N-ethyl adjacent to an activating group) is 1. The molecule has 1 fully saturated rings. The molecule has 5 nitrogen and oxygen atoms in total. The maximum atomic E-state index is 11.6. The van der Waals surface area contributed by atoms with Crippen molar-refractivity contribution in [3.63, 3.8) is 0 Å². The van der Waals surface area contributed by atoms with Crippen molar-refractivity contribution in [2.24, 2.45) is 11.7 Å². The first-order valence-corrected chi connectivity index (χ1v) is 4.43. The predicted octanol–water partition coefficient (Wildman–Crippen LogP) is -1.46. The van der Waals surface area contributed by atoms with Gasteiger partial charge in [-0.1, -0.05) is 0 Å². The maximum Gasteiger partial charge on any atom is 0.237 e. The van der Waals surface area contributed by atoms with Crippen LogP contribution < -0.4 is 11.1 Å². The van der Waals surface area contributed by atoms with E-state index in [2.05, 4.69) is 5.32 Å². The summed E-state index contributed by atoms with van der Waals surface area (Å²) >= 11 is 0. The highest BCUT2D eigenvalue weighted by Crippen LogP contribution is 2.07. The molecule has 0 bridgehead atoms. The van der Waals surface area contributed by atoms with Crippen LogP contribution in [0, 0.1) is 5.92 Å². The number of carbonyl (C=O) groups is 2. The van der Waals surface area contributed by atoms with Crippen LogP contribution in [0.5, 0.6) is 0 Å². The van der Waals surface area contributed by atoms with Crippen LogP contribution in [0.15, 0.2) is 0 Å². The monoisotopic (exact) mass is 185 g/mol. The molecule has 1 rings (SSSR count). The lowest BCUT2D eigenvalue weighted by Gasteiger charge is -2.31. The molecular formula is C8H15N3O2. The van der Waals surface area contributed by atoms with Crippen molar-refractivity contribution in [1.29, 1.82) is 0 Å². The number of nitrogens with zero attached hydrogens (tertiary/aromatic N) is 1. The van der Waals surface area contributed by atoms with Crippen LogP contribution in [0.25, 0.3) is 0 Å². The van der Waals surface area contributed by atoms with E-state index in [4.69, 9.17) is 5.73 Å². The largest absolute Gasteiger partial charge is 0.368 e. The number of hydrogen-bond acceptors (Lipinski definition) is 3. The van der Waals surface area contributed by atoms with E-state index in [1.165, 1.54) is 4.90 Å². The SMILES string of the molecule is CCN(CC(N)=O)C(=O)C1CNC1. The number of primary amides is 1. The number of nitrogens with two attached hydrogens (primary N) is 1. The van der Waals surface area contributed by atoms with Crippen molar-refractivity contribution < 1.29 is 9.59 Å². The summed E-state index contributed by atoms with van der Waals surface area (Å²) < 4.78 is 0. The first-order valence-electron chi connectivity index (χ1n) is 4.43. The second-order valence-corrected chi connectivity index (χ2v) is 3.17. The lowest BCUT2D eigenvalue weighted by Crippen LogP contribution is -2.53. The standard InChI is InChI=1S/C8H15N3O2/c1-2-11(5-7(9)12)8(13)6-3-10-4-6/h6,10H,2-5H2,1H3,(H2,9,12). The maximum absolute atomic E-state index is 11.6. The Morgan fingerprint density at radius 3 is 2.46 bits per heavy atom. The number of amides is 2. The Labute approximate surface area is 77.3 Å². The Balaban J connectivity index is 2.44. The zero-order valence-electron chi connectivity index (χ0n) is 7.75. The fourth-order valence-electron chi connectivity index (χ4n) is 1.26.